The summed E-state index contributed by atoms with van der Waals surface area (Å²) in [5.41, 5.74) is 0.774. The quantitative estimate of drug-likeness (QED) is 0.645. The maximum absolute atomic E-state index is 12.0. The molecule has 2 rings (SSSR count). The molecule has 0 radical (unpaired) electrons. The van der Waals surface area contributed by atoms with Crippen molar-refractivity contribution >= 4 is 56.4 Å². The molecule has 1 aromatic carbocycles. The molecule has 3 N–H and O–H groups in total. The van der Waals surface area contributed by atoms with Crippen molar-refractivity contribution in [1.82, 2.24) is 5.32 Å². The standard InChI is InChI=1S/C17H18BrN3O3S/c1-17(2,3)15(23)19-10-5-4-6-11(9-10)20-16(25)21-14(22)12-7-8-13(18)24-12/h4-9H,1-3H3,(H,19,23)(H2,20,21,22,25). The van der Waals surface area contributed by atoms with Crippen LogP contribution >= 0.6 is 28.1 Å². The van der Waals surface area contributed by atoms with Crippen molar-refractivity contribution in [2.75, 3.05) is 10.6 Å². The lowest BCUT2D eigenvalue weighted by Gasteiger charge is -2.18. The molecule has 0 aliphatic rings. The maximum Gasteiger partial charge on any atom is 0.293 e. The number of rotatable bonds is 3. The number of hydrogen-bond donors (Lipinski definition) is 3. The first-order chi connectivity index (χ1) is 11.6. The lowest BCUT2D eigenvalue weighted by molar-refractivity contribution is -0.123. The third kappa shape index (κ3) is 5.68. The number of thiocarbonyl (C=S) groups is 1. The number of benzene rings is 1. The van der Waals surface area contributed by atoms with Crippen LogP contribution in [0.25, 0.3) is 0 Å². The molecular weight excluding hydrogens is 406 g/mol. The predicted octanol–water partition coefficient (Wildman–Crippen LogP) is 4.15. The molecule has 132 valence electrons. The van der Waals surface area contributed by atoms with Gasteiger partial charge in [0.25, 0.3) is 5.91 Å². The average Bonchev–Trinajstić information content (AvgIpc) is 2.93. The maximum atomic E-state index is 12.0. The van der Waals surface area contributed by atoms with Crippen LogP contribution in [0.15, 0.2) is 45.5 Å². The number of nitrogens with one attached hydrogen (secondary N) is 3. The summed E-state index contributed by atoms with van der Waals surface area (Å²) in [6.07, 6.45) is 0. The van der Waals surface area contributed by atoms with E-state index in [-0.39, 0.29) is 16.8 Å². The van der Waals surface area contributed by atoms with Crippen molar-refractivity contribution in [3.05, 3.63) is 46.8 Å². The van der Waals surface area contributed by atoms with Crippen LogP contribution in [-0.2, 0) is 4.79 Å². The molecule has 2 aromatic rings. The lowest BCUT2D eigenvalue weighted by atomic mass is 9.95. The van der Waals surface area contributed by atoms with E-state index in [1.54, 1.807) is 30.3 Å². The van der Waals surface area contributed by atoms with Gasteiger partial charge in [0.2, 0.25) is 5.91 Å². The Bertz CT molecular complexity index is 811. The molecule has 2 amide bonds. The van der Waals surface area contributed by atoms with Gasteiger partial charge < -0.3 is 15.1 Å². The molecule has 0 spiro atoms. The van der Waals surface area contributed by atoms with Crippen LogP contribution in [0.4, 0.5) is 11.4 Å². The predicted molar refractivity (Wildman–Crippen MR) is 105 cm³/mol. The van der Waals surface area contributed by atoms with Gasteiger partial charge in [0.15, 0.2) is 15.5 Å². The summed E-state index contributed by atoms with van der Waals surface area (Å²) in [5, 5.41) is 8.38. The van der Waals surface area contributed by atoms with E-state index in [1.807, 2.05) is 20.8 Å². The highest BCUT2D eigenvalue weighted by molar-refractivity contribution is 9.10. The molecule has 0 saturated heterocycles. The van der Waals surface area contributed by atoms with Gasteiger partial charge >= 0.3 is 0 Å². The van der Waals surface area contributed by atoms with Gasteiger partial charge in [0.1, 0.15) is 0 Å². The van der Waals surface area contributed by atoms with Crippen LogP contribution in [0.2, 0.25) is 0 Å². The van der Waals surface area contributed by atoms with Gasteiger partial charge in [-0.15, -0.1) is 0 Å². The van der Waals surface area contributed by atoms with Gasteiger partial charge in [-0.25, -0.2) is 0 Å². The smallest absolute Gasteiger partial charge is 0.293 e. The second-order valence-corrected chi connectivity index (χ2v) is 7.49. The molecule has 0 aliphatic carbocycles. The highest BCUT2D eigenvalue weighted by Crippen LogP contribution is 2.20. The molecule has 0 aliphatic heterocycles. The van der Waals surface area contributed by atoms with E-state index < -0.39 is 11.3 Å². The van der Waals surface area contributed by atoms with Gasteiger partial charge in [0, 0.05) is 16.8 Å². The van der Waals surface area contributed by atoms with Gasteiger partial charge in [0.05, 0.1) is 0 Å². The Hall–Kier alpha value is -2.19. The minimum Gasteiger partial charge on any atom is -0.444 e. The third-order valence-electron chi connectivity index (χ3n) is 3.08. The highest BCUT2D eigenvalue weighted by Gasteiger charge is 2.21. The van der Waals surface area contributed by atoms with E-state index in [4.69, 9.17) is 16.6 Å². The van der Waals surface area contributed by atoms with Crippen LogP contribution in [-0.4, -0.2) is 16.9 Å². The van der Waals surface area contributed by atoms with E-state index >= 15 is 0 Å². The number of carbonyl (C=O) groups excluding carboxylic acids is 2. The van der Waals surface area contributed by atoms with Crippen molar-refractivity contribution < 1.29 is 14.0 Å². The monoisotopic (exact) mass is 423 g/mol. The first-order valence-corrected chi connectivity index (χ1v) is 8.64. The van der Waals surface area contributed by atoms with Crippen molar-refractivity contribution in [3.8, 4) is 0 Å². The Morgan fingerprint density at radius 3 is 2.28 bits per heavy atom. The van der Waals surface area contributed by atoms with E-state index in [2.05, 4.69) is 31.9 Å². The number of halogens is 1. The van der Waals surface area contributed by atoms with Crippen molar-refractivity contribution in [2.45, 2.75) is 20.8 Å². The SMILES string of the molecule is CC(C)(C)C(=O)Nc1cccc(NC(=S)NC(=O)c2ccc(Br)o2)c1. The third-order valence-corrected chi connectivity index (χ3v) is 3.71. The van der Waals surface area contributed by atoms with E-state index in [0.717, 1.165) is 0 Å². The van der Waals surface area contributed by atoms with E-state index in [9.17, 15) is 9.59 Å². The zero-order valence-corrected chi connectivity index (χ0v) is 16.4. The summed E-state index contributed by atoms with van der Waals surface area (Å²) in [4.78, 5) is 24.0. The summed E-state index contributed by atoms with van der Waals surface area (Å²) < 4.78 is 5.62. The molecule has 1 heterocycles. The minimum absolute atomic E-state index is 0.0936. The summed E-state index contributed by atoms with van der Waals surface area (Å²) in [6, 6.07) is 10.2. The minimum atomic E-state index is -0.496. The molecule has 0 saturated carbocycles. The zero-order chi connectivity index (χ0) is 18.6. The lowest BCUT2D eigenvalue weighted by Crippen LogP contribution is -2.34. The number of anilines is 2. The highest BCUT2D eigenvalue weighted by atomic mass is 79.9. The topological polar surface area (TPSA) is 83.4 Å². The number of hydrogen-bond acceptors (Lipinski definition) is 4. The fraction of sp³-hybridized carbons (Fsp3) is 0.235. The number of furan rings is 1. The first kappa shape index (κ1) is 19.1. The Balaban J connectivity index is 1.98. The molecule has 0 fully saturated rings. The first-order valence-electron chi connectivity index (χ1n) is 7.44. The molecule has 0 atom stereocenters. The van der Waals surface area contributed by atoms with Crippen molar-refractivity contribution in [3.63, 3.8) is 0 Å². The second-order valence-electron chi connectivity index (χ2n) is 6.30. The molecule has 8 heteroatoms. The largest absolute Gasteiger partial charge is 0.444 e. The summed E-state index contributed by atoms with van der Waals surface area (Å²) in [5.74, 6) is -0.411. The Labute approximate surface area is 159 Å². The number of amides is 2. The molecular formula is C17H18BrN3O3S. The number of carbonyl (C=O) groups is 2. The second kappa shape index (κ2) is 7.79. The summed E-state index contributed by atoms with van der Waals surface area (Å²) >= 11 is 8.26. The van der Waals surface area contributed by atoms with Gasteiger partial charge in [-0.3, -0.25) is 14.9 Å². The van der Waals surface area contributed by atoms with Crippen LogP contribution < -0.4 is 16.0 Å². The zero-order valence-electron chi connectivity index (χ0n) is 14.0. The fourth-order valence-electron chi connectivity index (χ4n) is 1.76. The summed E-state index contributed by atoms with van der Waals surface area (Å²) in [6.45, 7) is 5.51. The normalized spacial score (nSPS) is 10.9. The van der Waals surface area contributed by atoms with Crippen LogP contribution in [0.1, 0.15) is 31.3 Å². The van der Waals surface area contributed by atoms with E-state index in [0.29, 0.717) is 16.0 Å². The van der Waals surface area contributed by atoms with Gasteiger partial charge in [-0.2, -0.15) is 0 Å². The van der Waals surface area contributed by atoms with E-state index in [1.165, 1.54) is 6.07 Å². The van der Waals surface area contributed by atoms with Crippen LogP contribution in [0.3, 0.4) is 0 Å². The van der Waals surface area contributed by atoms with Crippen molar-refractivity contribution in [2.24, 2.45) is 5.41 Å². The fourth-order valence-corrected chi connectivity index (χ4v) is 2.27. The van der Waals surface area contributed by atoms with Gasteiger partial charge in [-0.05, 0) is 58.5 Å². The summed E-state index contributed by atoms with van der Waals surface area (Å²) in [7, 11) is 0. The molecule has 25 heavy (non-hydrogen) atoms. The Kier molecular flexibility index (Phi) is 5.97. The molecule has 0 unspecified atom stereocenters. The van der Waals surface area contributed by atoms with Crippen LogP contribution in [0, 0.1) is 5.41 Å². The Morgan fingerprint density at radius 1 is 1.08 bits per heavy atom. The Morgan fingerprint density at radius 2 is 1.72 bits per heavy atom. The molecule has 0 bridgehead atoms. The van der Waals surface area contributed by atoms with Gasteiger partial charge in [-0.1, -0.05) is 26.8 Å². The van der Waals surface area contributed by atoms with Crippen molar-refractivity contribution in [1.29, 1.82) is 0 Å². The molecule has 6 nitrogen and oxygen atoms in total. The van der Waals surface area contributed by atoms with Crippen LogP contribution in [0.5, 0.6) is 0 Å². The molecule has 1 aromatic heterocycles. The average molecular weight is 424 g/mol.